The van der Waals surface area contributed by atoms with Crippen molar-refractivity contribution in [3.05, 3.63) is 35.7 Å². The fraction of sp³-hybridized carbons (Fsp3) is 0.375. The number of nitrogens with zero attached hydrogens (tertiary/aromatic N) is 4. The number of carbonyl (C=O) groups excluding carboxylic acids is 2. The van der Waals surface area contributed by atoms with Gasteiger partial charge >= 0.3 is 21.6 Å². The zero-order valence-corrected chi connectivity index (χ0v) is 22.1. The summed E-state index contributed by atoms with van der Waals surface area (Å²) in [5, 5.41) is 21.3. The molecule has 0 aliphatic carbocycles. The minimum absolute atomic E-state index is 0.00500. The second kappa shape index (κ2) is 11.9. The number of fused-ring (bicyclic) bond motifs is 1. The highest BCUT2D eigenvalue weighted by Crippen LogP contribution is 2.39. The SMILES string of the molecule is CC(=O)Oc1cc(CC(=O)[O-])cc(-c2c(C#N)c3ncnc(OS(=O)(=O)C(F)(F)F)c3n2CCCOC(C)C)c1. The van der Waals surface area contributed by atoms with E-state index in [1.165, 1.54) is 22.8 Å². The number of carboxylic acids is 1. The molecule has 0 saturated heterocycles. The Kier molecular flexibility index (Phi) is 9.00. The van der Waals surface area contributed by atoms with Crippen LogP contribution >= 0.6 is 0 Å². The number of halogens is 3. The van der Waals surface area contributed by atoms with Crippen molar-refractivity contribution in [2.75, 3.05) is 6.61 Å². The van der Waals surface area contributed by atoms with Crippen LogP contribution in [0.25, 0.3) is 22.3 Å². The summed E-state index contributed by atoms with van der Waals surface area (Å²) in [4.78, 5) is 30.5. The van der Waals surface area contributed by atoms with Crippen LogP contribution in [0.3, 0.4) is 0 Å². The van der Waals surface area contributed by atoms with Gasteiger partial charge in [0.05, 0.1) is 11.8 Å². The second-order valence-corrected chi connectivity index (χ2v) is 10.2. The van der Waals surface area contributed by atoms with Crippen LogP contribution in [0, 0.1) is 11.3 Å². The normalized spacial score (nSPS) is 11.9. The number of nitriles is 1. The number of benzene rings is 1. The Morgan fingerprint density at radius 2 is 1.90 bits per heavy atom. The second-order valence-electron chi connectivity index (χ2n) is 8.63. The lowest BCUT2D eigenvalue weighted by Crippen LogP contribution is -2.28. The van der Waals surface area contributed by atoms with E-state index < -0.39 is 39.9 Å². The minimum atomic E-state index is -6.15. The quantitative estimate of drug-likeness (QED) is 0.106. The fourth-order valence-electron chi connectivity index (χ4n) is 3.82. The number of ether oxygens (including phenoxy) is 2. The summed E-state index contributed by atoms with van der Waals surface area (Å²) in [6.45, 7) is 4.80. The van der Waals surface area contributed by atoms with Crippen molar-refractivity contribution in [1.82, 2.24) is 14.5 Å². The zero-order valence-electron chi connectivity index (χ0n) is 21.3. The first kappa shape index (κ1) is 30.3. The first-order valence-electron chi connectivity index (χ1n) is 11.6. The maximum atomic E-state index is 13.1. The Hall–Kier alpha value is -4.23. The molecule has 0 aliphatic rings. The van der Waals surface area contributed by atoms with E-state index in [9.17, 15) is 41.5 Å². The number of carbonyl (C=O) groups is 2. The van der Waals surface area contributed by atoms with Gasteiger partial charge in [-0.15, -0.1) is 0 Å². The molecule has 1 aromatic carbocycles. The number of alkyl halides is 3. The highest BCUT2D eigenvalue weighted by atomic mass is 32.2. The van der Waals surface area contributed by atoms with Crippen molar-refractivity contribution in [2.24, 2.45) is 0 Å². The van der Waals surface area contributed by atoms with Crippen LogP contribution < -0.4 is 14.0 Å². The standard InChI is InChI=1S/C24H23F3N4O8S/c1-13(2)37-6-4-5-31-21(16-7-15(9-19(33)34)8-17(10-16)38-14(3)32)18(11-28)20-22(31)23(30-12-29-20)39-40(35,36)24(25,26)27/h7-8,10,12-13H,4-6,9H2,1-3H3,(H,33,34)/p-1. The van der Waals surface area contributed by atoms with Gasteiger partial charge in [0, 0.05) is 38.0 Å². The van der Waals surface area contributed by atoms with E-state index in [2.05, 4.69) is 14.2 Å². The van der Waals surface area contributed by atoms with Gasteiger partial charge in [0.2, 0.25) is 0 Å². The first-order valence-corrected chi connectivity index (χ1v) is 13.0. The van der Waals surface area contributed by atoms with Crippen molar-refractivity contribution < 1.29 is 49.9 Å². The maximum Gasteiger partial charge on any atom is 0.534 e. The molecule has 0 radical (unpaired) electrons. The van der Waals surface area contributed by atoms with Gasteiger partial charge in [-0.25, -0.2) is 4.98 Å². The van der Waals surface area contributed by atoms with Crippen molar-refractivity contribution in [3.63, 3.8) is 0 Å². The lowest BCUT2D eigenvalue weighted by molar-refractivity contribution is -0.304. The predicted octanol–water partition coefficient (Wildman–Crippen LogP) is 2.23. The third kappa shape index (κ3) is 6.85. The molecule has 0 saturated carbocycles. The summed E-state index contributed by atoms with van der Waals surface area (Å²) < 4.78 is 79.3. The van der Waals surface area contributed by atoms with Gasteiger partial charge in [-0.2, -0.15) is 31.8 Å². The van der Waals surface area contributed by atoms with Crippen molar-refractivity contribution in [3.8, 4) is 29.0 Å². The molecule has 40 heavy (non-hydrogen) atoms. The summed E-state index contributed by atoms with van der Waals surface area (Å²) in [7, 11) is -6.15. The highest BCUT2D eigenvalue weighted by Gasteiger charge is 2.49. The minimum Gasteiger partial charge on any atom is -0.550 e. The topological polar surface area (TPSA) is 174 Å². The van der Waals surface area contributed by atoms with E-state index in [0.717, 1.165) is 13.3 Å². The number of aryl methyl sites for hydroxylation is 1. The van der Waals surface area contributed by atoms with Crippen LogP contribution in [0.5, 0.6) is 11.6 Å². The average Bonchev–Trinajstić information content (AvgIpc) is 3.14. The van der Waals surface area contributed by atoms with Crippen LogP contribution in [-0.2, 0) is 37.4 Å². The molecular formula is C24H22F3N4O8S-. The molecule has 0 amide bonds. The lowest BCUT2D eigenvalue weighted by atomic mass is 10.0. The van der Waals surface area contributed by atoms with Crippen LogP contribution in [0.2, 0.25) is 0 Å². The third-order valence-corrected chi connectivity index (χ3v) is 6.16. The molecular weight excluding hydrogens is 561 g/mol. The van der Waals surface area contributed by atoms with E-state index in [1.54, 1.807) is 13.8 Å². The van der Waals surface area contributed by atoms with Crippen LogP contribution in [0.4, 0.5) is 13.2 Å². The Morgan fingerprint density at radius 1 is 1.20 bits per heavy atom. The number of carboxylic acid groups (broad SMARTS) is 1. The molecule has 0 fully saturated rings. The van der Waals surface area contributed by atoms with E-state index in [0.29, 0.717) is 0 Å². The average molecular weight is 584 g/mol. The van der Waals surface area contributed by atoms with E-state index in [1.807, 2.05) is 6.07 Å². The summed E-state index contributed by atoms with van der Waals surface area (Å²) in [5.41, 5.74) is -6.33. The van der Waals surface area contributed by atoms with Gasteiger partial charge in [0.1, 0.15) is 34.7 Å². The number of hydrogen-bond donors (Lipinski definition) is 0. The monoisotopic (exact) mass is 583 g/mol. The maximum absolute atomic E-state index is 13.1. The molecule has 0 N–H and O–H groups in total. The Labute approximate surface area is 226 Å². The van der Waals surface area contributed by atoms with Gasteiger partial charge in [-0.3, -0.25) is 4.79 Å². The molecule has 2 heterocycles. The van der Waals surface area contributed by atoms with Crippen molar-refractivity contribution >= 4 is 33.1 Å². The summed E-state index contributed by atoms with van der Waals surface area (Å²) >= 11 is 0. The summed E-state index contributed by atoms with van der Waals surface area (Å²) in [6.07, 6.45) is 0.208. The zero-order chi connectivity index (χ0) is 29.8. The fourth-order valence-corrected chi connectivity index (χ4v) is 4.25. The third-order valence-electron chi connectivity index (χ3n) is 5.21. The van der Waals surface area contributed by atoms with Crippen molar-refractivity contribution in [2.45, 2.75) is 51.8 Å². The first-order chi connectivity index (χ1) is 18.6. The van der Waals surface area contributed by atoms with Crippen LogP contribution in [0.1, 0.15) is 38.3 Å². The number of hydrogen-bond acceptors (Lipinski definition) is 11. The van der Waals surface area contributed by atoms with Gasteiger partial charge in [0.25, 0.3) is 5.88 Å². The molecule has 3 aromatic rings. The van der Waals surface area contributed by atoms with Crippen molar-refractivity contribution in [1.29, 1.82) is 5.26 Å². The van der Waals surface area contributed by atoms with Gasteiger partial charge < -0.3 is 28.1 Å². The molecule has 0 unspecified atom stereocenters. The van der Waals surface area contributed by atoms with Gasteiger partial charge in [-0.05, 0) is 44.0 Å². The van der Waals surface area contributed by atoms with Crippen LogP contribution in [0.15, 0.2) is 24.5 Å². The Balaban J connectivity index is 2.35. The van der Waals surface area contributed by atoms with Crippen LogP contribution in [-0.4, -0.2) is 53.1 Å². The molecule has 2 aromatic heterocycles. The van der Waals surface area contributed by atoms with E-state index >= 15 is 0 Å². The summed E-state index contributed by atoms with van der Waals surface area (Å²) in [6, 6.07) is 5.81. The molecule has 3 rings (SSSR count). The number of aliphatic carboxylic acids is 1. The largest absolute Gasteiger partial charge is 0.550 e. The highest BCUT2D eigenvalue weighted by molar-refractivity contribution is 7.88. The predicted molar refractivity (Wildman–Crippen MR) is 129 cm³/mol. The Bertz CT molecular complexity index is 1560. The Morgan fingerprint density at radius 3 is 2.48 bits per heavy atom. The molecule has 12 nitrogen and oxygen atoms in total. The lowest BCUT2D eigenvalue weighted by Gasteiger charge is -2.16. The molecule has 16 heteroatoms. The van der Waals surface area contributed by atoms with Gasteiger partial charge in [-0.1, -0.05) is 0 Å². The summed E-state index contributed by atoms with van der Waals surface area (Å²) in [5.74, 6) is -3.27. The molecule has 0 bridgehead atoms. The molecule has 0 atom stereocenters. The molecule has 0 aliphatic heterocycles. The number of aromatic nitrogens is 3. The van der Waals surface area contributed by atoms with Gasteiger partial charge in [0.15, 0.2) is 0 Å². The molecule has 0 spiro atoms. The number of rotatable bonds is 11. The molecule has 214 valence electrons. The van der Waals surface area contributed by atoms with E-state index in [4.69, 9.17) is 9.47 Å². The smallest absolute Gasteiger partial charge is 0.534 e. The van der Waals surface area contributed by atoms with E-state index in [-0.39, 0.29) is 64.8 Å². The number of esters is 1.